The summed E-state index contributed by atoms with van der Waals surface area (Å²) in [6.07, 6.45) is 3.06. The molecule has 170 valence electrons. The SMILES string of the molecule is CNc1nc([C@@H]2CCCN2)nc2c1CN(CC(=O)Nc1ccccc1-c1ccccc1)CC2. The zero-order valence-electron chi connectivity index (χ0n) is 19.0. The van der Waals surface area contributed by atoms with Crippen LogP contribution in [0.2, 0.25) is 0 Å². The molecule has 0 unspecified atom stereocenters. The smallest absolute Gasteiger partial charge is 0.238 e. The van der Waals surface area contributed by atoms with Crippen molar-refractivity contribution in [1.82, 2.24) is 20.2 Å². The van der Waals surface area contributed by atoms with Crippen molar-refractivity contribution in [3.8, 4) is 11.1 Å². The first kappa shape index (κ1) is 21.6. The maximum absolute atomic E-state index is 13.0. The van der Waals surface area contributed by atoms with Gasteiger partial charge in [0, 0.05) is 43.4 Å². The molecule has 5 rings (SSSR count). The van der Waals surface area contributed by atoms with Crippen LogP contribution in [0.25, 0.3) is 11.1 Å². The van der Waals surface area contributed by atoms with Crippen molar-refractivity contribution in [2.24, 2.45) is 0 Å². The van der Waals surface area contributed by atoms with Crippen LogP contribution in [-0.2, 0) is 17.8 Å². The number of carbonyl (C=O) groups excluding carboxylic acids is 1. The quantitative estimate of drug-likeness (QED) is 0.541. The van der Waals surface area contributed by atoms with E-state index in [-0.39, 0.29) is 11.9 Å². The minimum absolute atomic E-state index is 0.0134. The number of fused-ring (bicyclic) bond motifs is 1. The van der Waals surface area contributed by atoms with Gasteiger partial charge in [0.2, 0.25) is 5.91 Å². The Morgan fingerprint density at radius 3 is 2.73 bits per heavy atom. The van der Waals surface area contributed by atoms with E-state index in [1.54, 1.807) is 0 Å². The Hall–Kier alpha value is -3.29. The first-order chi connectivity index (χ1) is 16.2. The first-order valence-electron chi connectivity index (χ1n) is 11.7. The van der Waals surface area contributed by atoms with Crippen LogP contribution in [0.4, 0.5) is 11.5 Å². The molecule has 1 amide bonds. The summed E-state index contributed by atoms with van der Waals surface area (Å²) in [4.78, 5) is 24.8. The van der Waals surface area contributed by atoms with Gasteiger partial charge in [-0.3, -0.25) is 9.69 Å². The normalized spacial score (nSPS) is 18.0. The second-order valence-electron chi connectivity index (χ2n) is 8.68. The Labute approximate surface area is 194 Å². The highest BCUT2D eigenvalue weighted by Gasteiger charge is 2.27. The van der Waals surface area contributed by atoms with Crippen molar-refractivity contribution in [2.75, 3.05) is 37.3 Å². The average molecular weight is 443 g/mol. The van der Waals surface area contributed by atoms with Crippen molar-refractivity contribution in [2.45, 2.75) is 31.8 Å². The highest BCUT2D eigenvalue weighted by atomic mass is 16.2. The van der Waals surface area contributed by atoms with Crippen LogP contribution in [0, 0.1) is 0 Å². The Bertz CT molecular complexity index is 1110. The molecule has 1 saturated heterocycles. The van der Waals surface area contributed by atoms with Gasteiger partial charge in [-0.25, -0.2) is 9.97 Å². The number of amides is 1. The molecular weight excluding hydrogens is 412 g/mol. The number of hydrogen-bond donors (Lipinski definition) is 3. The maximum atomic E-state index is 13.0. The number of aromatic nitrogens is 2. The van der Waals surface area contributed by atoms with Crippen LogP contribution in [0.5, 0.6) is 0 Å². The van der Waals surface area contributed by atoms with Crippen LogP contribution < -0.4 is 16.0 Å². The number of nitrogens with zero attached hydrogens (tertiary/aromatic N) is 3. The number of anilines is 2. The maximum Gasteiger partial charge on any atom is 0.238 e. The van der Waals surface area contributed by atoms with Gasteiger partial charge in [-0.05, 0) is 31.0 Å². The second kappa shape index (κ2) is 9.68. The molecule has 1 fully saturated rings. The second-order valence-corrected chi connectivity index (χ2v) is 8.68. The van der Waals surface area contributed by atoms with Gasteiger partial charge in [-0.15, -0.1) is 0 Å². The predicted octanol–water partition coefficient (Wildman–Crippen LogP) is 3.61. The lowest BCUT2D eigenvalue weighted by Crippen LogP contribution is -2.38. The Kier molecular flexibility index (Phi) is 6.32. The zero-order chi connectivity index (χ0) is 22.6. The molecule has 7 nitrogen and oxygen atoms in total. The molecule has 0 spiro atoms. The lowest BCUT2D eigenvalue weighted by molar-refractivity contribution is -0.117. The molecule has 1 aromatic heterocycles. The fraction of sp³-hybridized carbons (Fsp3) is 0.346. The summed E-state index contributed by atoms with van der Waals surface area (Å²) in [6, 6.07) is 18.3. The van der Waals surface area contributed by atoms with Crippen molar-refractivity contribution >= 4 is 17.4 Å². The van der Waals surface area contributed by atoms with E-state index in [0.717, 1.165) is 72.1 Å². The summed E-state index contributed by atoms with van der Waals surface area (Å²) in [5.41, 5.74) is 5.14. The van der Waals surface area contributed by atoms with Crippen LogP contribution in [0.1, 0.15) is 36.0 Å². The number of benzene rings is 2. The third kappa shape index (κ3) is 4.74. The number of carbonyl (C=O) groups is 1. The van der Waals surface area contributed by atoms with Crippen LogP contribution >= 0.6 is 0 Å². The van der Waals surface area contributed by atoms with E-state index >= 15 is 0 Å². The third-order valence-corrected chi connectivity index (χ3v) is 6.42. The molecule has 1 atom stereocenters. The molecule has 0 bridgehead atoms. The van der Waals surface area contributed by atoms with Crippen molar-refractivity contribution in [3.63, 3.8) is 0 Å². The topological polar surface area (TPSA) is 82.2 Å². The number of nitrogens with one attached hydrogen (secondary N) is 3. The summed E-state index contributed by atoms with van der Waals surface area (Å²) in [7, 11) is 1.90. The Morgan fingerprint density at radius 2 is 1.94 bits per heavy atom. The van der Waals surface area contributed by atoms with E-state index in [2.05, 4.69) is 33.0 Å². The summed E-state index contributed by atoms with van der Waals surface area (Å²) >= 11 is 0. The van der Waals surface area contributed by atoms with E-state index in [1.807, 2.05) is 49.5 Å². The van der Waals surface area contributed by atoms with Gasteiger partial charge in [0.1, 0.15) is 11.6 Å². The minimum atomic E-state index is -0.0134. The molecule has 0 aliphatic carbocycles. The van der Waals surface area contributed by atoms with E-state index in [0.29, 0.717) is 13.1 Å². The molecular formula is C26H30N6O. The van der Waals surface area contributed by atoms with Gasteiger partial charge in [0.15, 0.2) is 0 Å². The summed E-state index contributed by atoms with van der Waals surface area (Å²) in [6.45, 7) is 2.82. The molecule has 0 radical (unpaired) electrons. The number of hydrogen-bond acceptors (Lipinski definition) is 6. The van der Waals surface area contributed by atoms with E-state index in [1.165, 1.54) is 0 Å². The van der Waals surface area contributed by atoms with E-state index < -0.39 is 0 Å². The molecule has 33 heavy (non-hydrogen) atoms. The van der Waals surface area contributed by atoms with E-state index in [9.17, 15) is 4.79 Å². The Morgan fingerprint density at radius 1 is 1.12 bits per heavy atom. The number of para-hydroxylation sites is 1. The predicted molar refractivity (Wildman–Crippen MR) is 131 cm³/mol. The largest absolute Gasteiger partial charge is 0.373 e. The van der Waals surface area contributed by atoms with Crippen LogP contribution in [0.3, 0.4) is 0 Å². The minimum Gasteiger partial charge on any atom is -0.373 e. The standard InChI is InChI=1S/C26H30N6O/c1-27-25-20-16-32(15-13-22(20)30-26(31-25)23-12-7-14-28-23)17-24(33)29-21-11-6-5-10-19(21)18-8-3-2-4-9-18/h2-6,8-11,23,28H,7,12-17H2,1H3,(H,29,33)(H,27,30,31)/t23-/m0/s1. The molecule has 2 aromatic carbocycles. The van der Waals surface area contributed by atoms with E-state index in [4.69, 9.17) is 9.97 Å². The zero-order valence-corrected chi connectivity index (χ0v) is 19.0. The number of rotatable bonds is 6. The van der Waals surface area contributed by atoms with Gasteiger partial charge >= 0.3 is 0 Å². The highest BCUT2D eigenvalue weighted by Crippen LogP contribution is 2.29. The fourth-order valence-corrected chi connectivity index (χ4v) is 4.75. The molecule has 2 aliphatic heterocycles. The third-order valence-electron chi connectivity index (χ3n) is 6.42. The summed E-state index contributed by atoms with van der Waals surface area (Å²) in [5, 5.41) is 9.86. The highest BCUT2D eigenvalue weighted by molar-refractivity contribution is 5.96. The Balaban J connectivity index is 1.28. The lowest BCUT2D eigenvalue weighted by atomic mass is 10.0. The molecule has 3 N–H and O–H groups in total. The van der Waals surface area contributed by atoms with Gasteiger partial charge in [0.25, 0.3) is 0 Å². The average Bonchev–Trinajstić information content (AvgIpc) is 3.39. The molecule has 2 aliphatic rings. The van der Waals surface area contributed by atoms with Crippen molar-refractivity contribution < 1.29 is 4.79 Å². The molecule has 0 saturated carbocycles. The lowest BCUT2D eigenvalue weighted by Gasteiger charge is -2.29. The van der Waals surface area contributed by atoms with Gasteiger partial charge < -0.3 is 16.0 Å². The van der Waals surface area contributed by atoms with Gasteiger partial charge in [-0.1, -0.05) is 48.5 Å². The van der Waals surface area contributed by atoms with Gasteiger partial charge in [-0.2, -0.15) is 0 Å². The fourth-order valence-electron chi connectivity index (χ4n) is 4.75. The van der Waals surface area contributed by atoms with Crippen molar-refractivity contribution in [1.29, 1.82) is 0 Å². The summed E-state index contributed by atoms with van der Waals surface area (Å²) < 4.78 is 0. The van der Waals surface area contributed by atoms with Crippen LogP contribution in [-0.4, -0.2) is 47.5 Å². The van der Waals surface area contributed by atoms with Crippen molar-refractivity contribution in [3.05, 3.63) is 71.7 Å². The molecule has 7 heteroatoms. The summed E-state index contributed by atoms with van der Waals surface area (Å²) in [5.74, 6) is 1.75. The van der Waals surface area contributed by atoms with Gasteiger partial charge in [0.05, 0.1) is 18.3 Å². The molecule has 3 heterocycles. The monoisotopic (exact) mass is 442 g/mol. The first-order valence-corrected chi connectivity index (χ1v) is 11.7. The molecule has 3 aromatic rings. The van der Waals surface area contributed by atoms with Crippen LogP contribution in [0.15, 0.2) is 54.6 Å².